The number of phenolic OH excluding ortho intramolecular Hbond substituents is 1. The summed E-state index contributed by atoms with van der Waals surface area (Å²) >= 11 is 0. The fourth-order valence-electron chi connectivity index (χ4n) is 2.42. The molecule has 25 heavy (non-hydrogen) atoms. The molecule has 3 rings (SSSR count). The quantitative estimate of drug-likeness (QED) is 0.565. The van der Waals surface area contributed by atoms with Gasteiger partial charge in [-0.2, -0.15) is 0 Å². The number of hydrogen-bond donors (Lipinski definition) is 1. The molecule has 0 bridgehead atoms. The molecule has 0 unspecified atom stereocenters. The molecular weight excluding hydrogens is 320 g/mol. The van der Waals surface area contributed by atoms with E-state index in [1.807, 2.05) is 25.3 Å². The molecule has 0 aliphatic rings. The molecule has 0 fully saturated rings. The van der Waals surface area contributed by atoms with Gasteiger partial charge in [0.05, 0.1) is 24.4 Å². The van der Waals surface area contributed by atoms with Crippen molar-refractivity contribution in [1.82, 2.24) is 9.38 Å². The van der Waals surface area contributed by atoms with Gasteiger partial charge in [-0.1, -0.05) is 6.07 Å². The molecule has 0 saturated carbocycles. The first-order valence-electron chi connectivity index (χ1n) is 7.91. The third-order valence-corrected chi connectivity index (χ3v) is 3.53. The van der Waals surface area contributed by atoms with Crippen molar-refractivity contribution >= 4 is 23.1 Å². The third-order valence-electron chi connectivity index (χ3n) is 3.53. The number of hydrogen-bond acceptors (Lipinski definition) is 6. The van der Waals surface area contributed by atoms with Crippen LogP contribution >= 0.6 is 0 Å². The first kappa shape index (κ1) is 16.6. The molecule has 0 atom stereocenters. The number of fused-ring (bicyclic) bond motifs is 1. The largest absolute Gasteiger partial charge is 0.508 e. The Kier molecular flexibility index (Phi) is 4.74. The van der Waals surface area contributed by atoms with Crippen LogP contribution in [0, 0.1) is 6.92 Å². The molecule has 0 aliphatic heterocycles. The summed E-state index contributed by atoms with van der Waals surface area (Å²) in [5.41, 5.74) is 2.73. The van der Waals surface area contributed by atoms with Gasteiger partial charge in [-0.15, -0.1) is 10.2 Å². The first-order valence-corrected chi connectivity index (χ1v) is 7.91. The number of esters is 1. The Hall–Kier alpha value is -3.22. The van der Waals surface area contributed by atoms with Crippen LogP contribution in [0.4, 0.5) is 11.5 Å². The highest BCUT2D eigenvalue weighted by Crippen LogP contribution is 2.26. The highest BCUT2D eigenvalue weighted by molar-refractivity contribution is 5.74. The number of imidazole rings is 1. The number of aryl methyl sites for hydroxylation is 1. The van der Waals surface area contributed by atoms with Gasteiger partial charge in [0.2, 0.25) is 0 Å². The predicted octanol–water partition coefficient (Wildman–Crippen LogP) is 3.87. The number of pyridine rings is 1. The monoisotopic (exact) mass is 338 g/mol. The maximum atomic E-state index is 11.9. The Morgan fingerprint density at radius 2 is 2.12 bits per heavy atom. The van der Waals surface area contributed by atoms with Gasteiger partial charge in [0.15, 0.2) is 5.82 Å². The number of benzene rings is 1. The minimum Gasteiger partial charge on any atom is -0.508 e. The molecule has 1 N–H and O–H groups in total. The molecule has 3 aromatic rings. The number of carbonyl (C=O) groups is 1. The van der Waals surface area contributed by atoms with Crippen LogP contribution in [0.1, 0.15) is 18.2 Å². The lowest BCUT2D eigenvalue weighted by molar-refractivity contribution is -0.142. The summed E-state index contributed by atoms with van der Waals surface area (Å²) in [5.74, 6) is 0.208. The Balaban J connectivity index is 2.02. The summed E-state index contributed by atoms with van der Waals surface area (Å²) in [6, 6.07) is 10.3. The molecule has 0 amide bonds. The van der Waals surface area contributed by atoms with E-state index in [4.69, 9.17) is 4.74 Å². The second-order valence-corrected chi connectivity index (χ2v) is 5.52. The normalized spacial score (nSPS) is 11.3. The van der Waals surface area contributed by atoms with E-state index in [9.17, 15) is 9.90 Å². The van der Waals surface area contributed by atoms with Crippen molar-refractivity contribution in [3.8, 4) is 5.75 Å². The molecule has 0 aliphatic carbocycles. The lowest BCUT2D eigenvalue weighted by Crippen LogP contribution is -2.07. The zero-order valence-electron chi connectivity index (χ0n) is 14.0. The lowest BCUT2D eigenvalue weighted by Gasteiger charge is -2.01. The molecule has 0 saturated heterocycles. The Labute approximate surface area is 144 Å². The zero-order chi connectivity index (χ0) is 17.8. The molecule has 0 radical (unpaired) electrons. The smallest absolute Gasteiger partial charge is 0.312 e. The van der Waals surface area contributed by atoms with Gasteiger partial charge in [-0.05, 0) is 43.7 Å². The summed E-state index contributed by atoms with van der Waals surface area (Å²) in [6.07, 6.45) is 1.85. The minimum absolute atomic E-state index is 0.0168. The van der Waals surface area contributed by atoms with Crippen LogP contribution in [0.15, 0.2) is 52.8 Å². The Morgan fingerprint density at radius 3 is 2.88 bits per heavy atom. The number of ether oxygens (including phenoxy) is 1. The highest BCUT2D eigenvalue weighted by Gasteiger charge is 2.16. The van der Waals surface area contributed by atoms with Crippen molar-refractivity contribution in [2.75, 3.05) is 6.61 Å². The molecular formula is C18H18N4O3. The predicted molar refractivity (Wildman–Crippen MR) is 92.5 cm³/mol. The van der Waals surface area contributed by atoms with E-state index in [0.717, 1.165) is 5.56 Å². The summed E-state index contributed by atoms with van der Waals surface area (Å²) in [5, 5.41) is 17.9. The van der Waals surface area contributed by atoms with Crippen LogP contribution in [0.25, 0.3) is 5.65 Å². The topological polar surface area (TPSA) is 88.5 Å². The van der Waals surface area contributed by atoms with E-state index in [2.05, 4.69) is 15.2 Å². The van der Waals surface area contributed by atoms with Crippen molar-refractivity contribution in [3.05, 3.63) is 53.9 Å². The van der Waals surface area contributed by atoms with Gasteiger partial charge in [0.1, 0.15) is 11.4 Å². The van der Waals surface area contributed by atoms with Crippen molar-refractivity contribution < 1.29 is 14.6 Å². The molecule has 2 heterocycles. The van der Waals surface area contributed by atoms with Crippen LogP contribution in [0.2, 0.25) is 0 Å². The average Bonchev–Trinajstić information content (AvgIpc) is 2.89. The third kappa shape index (κ3) is 3.82. The highest BCUT2D eigenvalue weighted by atomic mass is 16.5. The van der Waals surface area contributed by atoms with Crippen LogP contribution < -0.4 is 0 Å². The molecule has 0 spiro atoms. The van der Waals surface area contributed by atoms with Crippen molar-refractivity contribution in [2.24, 2.45) is 10.2 Å². The van der Waals surface area contributed by atoms with Gasteiger partial charge >= 0.3 is 5.97 Å². The number of rotatable bonds is 5. The SMILES string of the molecule is CCOC(=O)Cc1nc2cc(C)ccn2c1N=Nc1cccc(O)c1. The fourth-order valence-corrected chi connectivity index (χ4v) is 2.42. The maximum absolute atomic E-state index is 11.9. The van der Waals surface area contributed by atoms with Gasteiger partial charge in [-0.25, -0.2) is 4.98 Å². The zero-order valence-corrected chi connectivity index (χ0v) is 14.0. The molecule has 2 aromatic heterocycles. The molecule has 1 aromatic carbocycles. The molecule has 128 valence electrons. The number of phenols is 1. The van der Waals surface area contributed by atoms with Crippen LogP contribution in [0.3, 0.4) is 0 Å². The van der Waals surface area contributed by atoms with E-state index in [1.54, 1.807) is 29.5 Å². The number of carbonyl (C=O) groups excluding carboxylic acids is 1. The van der Waals surface area contributed by atoms with E-state index < -0.39 is 0 Å². The average molecular weight is 338 g/mol. The van der Waals surface area contributed by atoms with Crippen molar-refractivity contribution in [1.29, 1.82) is 0 Å². The van der Waals surface area contributed by atoms with E-state index in [1.165, 1.54) is 6.07 Å². The lowest BCUT2D eigenvalue weighted by atomic mass is 10.3. The second kappa shape index (κ2) is 7.12. The van der Waals surface area contributed by atoms with Crippen molar-refractivity contribution in [2.45, 2.75) is 20.3 Å². The summed E-state index contributed by atoms with van der Waals surface area (Å²) in [4.78, 5) is 16.3. The molecule has 7 heteroatoms. The van der Waals surface area contributed by atoms with Gasteiger partial charge in [0.25, 0.3) is 0 Å². The van der Waals surface area contributed by atoms with Gasteiger partial charge < -0.3 is 9.84 Å². The number of aromatic hydroxyl groups is 1. The fraction of sp³-hybridized carbons (Fsp3) is 0.222. The van der Waals surface area contributed by atoms with Gasteiger partial charge in [0, 0.05) is 12.3 Å². The van der Waals surface area contributed by atoms with Crippen molar-refractivity contribution in [3.63, 3.8) is 0 Å². The van der Waals surface area contributed by atoms with Crippen LogP contribution in [-0.2, 0) is 16.0 Å². The second-order valence-electron chi connectivity index (χ2n) is 5.52. The number of aromatic nitrogens is 2. The number of azo groups is 1. The summed E-state index contributed by atoms with van der Waals surface area (Å²) < 4.78 is 6.78. The van der Waals surface area contributed by atoms with Crippen LogP contribution in [0.5, 0.6) is 5.75 Å². The number of nitrogens with zero attached hydrogens (tertiary/aromatic N) is 4. The summed E-state index contributed by atoms with van der Waals surface area (Å²) in [7, 11) is 0. The standard InChI is InChI=1S/C18H18N4O3/c1-3-25-17(24)11-15-18(21-20-13-5-4-6-14(23)10-13)22-8-7-12(2)9-16(22)19-15/h4-10,23H,3,11H2,1-2H3. The maximum Gasteiger partial charge on any atom is 0.312 e. The Morgan fingerprint density at radius 1 is 1.28 bits per heavy atom. The van der Waals surface area contributed by atoms with Crippen LogP contribution in [-0.4, -0.2) is 27.1 Å². The van der Waals surface area contributed by atoms with Gasteiger partial charge in [-0.3, -0.25) is 9.20 Å². The first-order chi connectivity index (χ1) is 12.1. The summed E-state index contributed by atoms with van der Waals surface area (Å²) in [6.45, 7) is 4.03. The van der Waals surface area contributed by atoms with E-state index in [-0.39, 0.29) is 18.1 Å². The minimum atomic E-state index is -0.364. The molecule has 7 nitrogen and oxygen atoms in total. The van der Waals surface area contributed by atoms with E-state index >= 15 is 0 Å². The van der Waals surface area contributed by atoms with E-state index in [0.29, 0.717) is 29.5 Å². The Bertz CT molecular complexity index is 947.